The van der Waals surface area contributed by atoms with Gasteiger partial charge in [0, 0.05) is 53.3 Å². The number of benzene rings is 8. The minimum absolute atomic E-state index is 0.636. The fourth-order valence-electron chi connectivity index (χ4n) is 8.02. The molecule has 0 bridgehead atoms. The predicted molar refractivity (Wildman–Crippen MR) is 234 cm³/mol. The molecule has 0 aliphatic rings. The fourth-order valence-corrected chi connectivity index (χ4v) is 9.16. The van der Waals surface area contributed by atoms with E-state index in [1.807, 2.05) is 18.2 Å². The van der Waals surface area contributed by atoms with E-state index in [1.165, 1.54) is 47.6 Å². The zero-order chi connectivity index (χ0) is 37.0. The monoisotopic (exact) mass is 732 g/mol. The first-order valence-corrected chi connectivity index (χ1v) is 19.6. The highest BCUT2D eigenvalue weighted by atomic mass is 32.1. The van der Waals surface area contributed by atoms with Gasteiger partial charge in [-0.3, -0.25) is 0 Å². The summed E-state index contributed by atoms with van der Waals surface area (Å²) in [6, 6.07) is 68.7. The van der Waals surface area contributed by atoms with Crippen LogP contribution >= 0.6 is 11.3 Å². The average Bonchev–Trinajstić information content (AvgIpc) is 3.82. The lowest BCUT2D eigenvalue weighted by molar-refractivity contribution is 1.07. The normalized spacial score (nSPS) is 11.6. The lowest BCUT2D eigenvalue weighted by atomic mass is 9.96. The Morgan fingerprint density at radius 1 is 0.339 bits per heavy atom. The van der Waals surface area contributed by atoms with Gasteiger partial charge in [-0.2, -0.15) is 0 Å². The topological polar surface area (TPSA) is 43.6 Å². The molecular formula is C51H32N4S. The predicted octanol–water partition coefficient (Wildman–Crippen LogP) is 13.7. The minimum atomic E-state index is 0.636. The largest absolute Gasteiger partial charge is 0.309 e. The zero-order valence-corrected chi connectivity index (χ0v) is 31.0. The number of aromatic nitrogens is 4. The Bertz CT molecular complexity index is 3240. The van der Waals surface area contributed by atoms with E-state index in [-0.39, 0.29) is 0 Å². The lowest BCUT2D eigenvalue weighted by Crippen LogP contribution is -2.00. The molecule has 8 aromatic carbocycles. The summed E-state index contributed by atoms with van der Waals surface area (Å²) in [7, 11) is 0. The first-order valence-electron chi connectivity index (χ1n) is 18.8. The van der Waals surface area contributed by atoms with Gasteiger partial charge in [-0.1, -0.05) is 146 Å². The van der Waals surface area contributed by atoms with Gasteiger partial charge in [-0.15, -0.1) is 11.3 Å². The molecule has 3 heterocycles. The van der Waals surface area contributed by atoms with Crippen molar-refractivity contribution in [2.24, 2.45) is 0 Å². The van der Waals surface area contributed by atoms with Gasteiger partial charge < -0.3 is 4.57 Å². The van der Waals surface area contributed by atoms with Crippen LogP contribution in [0.3, 0.4) is 0 Å². The molecule has 0 saturated carbocycles. The summed E-state index contributed by atoms with van der Waals surface area (Å²) in [5.74, 6) is 1.94. The second-order valence-electron chi connectivity index (χ2n) is 14.0. The standard InChI is InChI=1S/C51H32N4S/c1-4-14-33(15-5-1)35-27-29-44-43(31-35)48-40(23-13-24-45(48)55(44)39-20-8-3-9-21-39)36-18-12-19-37(30-36)50-52-49(34-16-6-2-7-17-34)53-51(54-50)38-26-28-42-41-22-10-11-25-46(41)56-47(42)32-38/h1-32H. The zero-order valence-electron chi connectivity index (χ0n) is 30.2. The summed E-state index contributed by atoms with van der Waals surface area (Å²) in [4.78, 5) is 15.3. The van der Waals surface area contributed by atoms with E-state index in [9.17, 15) is 0 Å². The van der Waals surface area contributed by atoms with Crippen LogP contribution < -0.4 is 0 Å². The van der Waals surface area contributed by atoms with Crippen LogP contribution in [0.2, 0.25) is 0 Å². The van der Waals surface area contributed by atoms with Crippen molar-refractivity contribution in [2.75, 3.05) is 0 Å². The molecule has 0 amide bonds. The summed E-state index contributed by atoms with van der Waals surface area (Å²) < 4.78 is 4.87. The van der Waals surface area contributed by atoms with Gasteiger partial charge in [-0.25, -0.2) is 15.0 Å². The van der Waals surface area contributed by atoms with Crippen LogP contribution in [0.25, 0.3) is 104 Å². The molecule has 0 spiro atoms. The number of para-hydroxylation sites is 1. The molecule has 11 rings (SSSR count). The summed E-state index contributed by atoms with van der Waals surface area (Å²) in [6.07, 6.45) is 0. The van der Waals surface area contributed by atoms with Gasteiger partial charge in [0.1, 0.15) is 0 Å². The van der Waals surface area contributed by atoms with Crippen molar-refractivity contribution >= 4 is 53.3 Å². The van der Waals surface area contributed by atoms with E-state index < -0.39 is 0 Å². The maximum absolute atomic E-state index is 5.17. The molecule has 0 aliphatic heterocycles. The Balaban J connectivity index is 1.10. The van der Waals surface area contributed by atoms with Gasteiger partial charge in [0.25, 0.3) is 0 Å². The van der Waals surface area contributed by atoms with Crippen LogP contribution in [-0.4, -0.2) is 19.5 Å². The Labute approximate surface area is 327 Å². The van der Waals surface area contributed by atoms with Gasteiger partial charge in [0.2, 0.25) is 0 Å². The Morgan fingerprint density at radius 2 is 0.929 bits per heavy atom. The average molecular weight is 733 g/mol. The molecule has 5 heteroatoms. The third-order valence-electron chi connectivity index (χ3n) is 10.6. The van der Waals surface area contributed by atoms with Crippen molar-refractivity contribution in [3.63, 3.8) is 0 Å². The van der Waals surface area contributed by atoms with E-state index in [0.29, 0.717) is 17.5 Å². The van der Waals surface area contributed by atoms with Crippen LogP contribution in [-0.2, 0) is 0 Å². The highest BCUT2D eigenvalue weighted by Crippen LogP contribution is 2.41. The van der Waals surface area contributed by atoms with Gasteiger partial charge in [0.15, 0.2) is 17.5 Å². The Hall–Kier alpha value is -7.21. The van der Waals surface area contributed by atoms with Crippen molar-refractivity contribution in [1.82, 2.24) is 19.5 Å². The number of hydrogen-bond donors (Lipinski definition) is 0. The van der Waals surface area contributed by atoms with Crippen molar-refractivity contribution in [3.8, 4) is 62.1 Å². The molecule has 0 aliphatic carbocycles. The van der Waals surface area contributed by atoms with Crippen LogP contribution in [0.15, 0.2) is 194 Å². The van der Waals surface area contributed by atoms with Gasteiger partial charge in [0.05, 0.1) is 11.0 Å². The number of rotatable bonds is 6. The van der Waals surface area contributed by atoms with Gasteiger partial charge >= 0.3 is 0 Å². The molecule has 4 nitrogen and oxygen atoms in total. The second-order valence-corrected chi connectivity index (χ2v) is 15.1. The third-order valence-corrected chi connectivity index (χ3v) is 11.8. The molecule has 11 aromatic rings. The number of hydrogen-bond acceptors (Lipinski definition) is 4. The number of thiophene rings is 1. The lowest BCUT2D eigenvalue weighted by Gasteiger charge is -2.11. The first kappa shape index (κ1) is 32.2. The Kier molecular flexibility index (Phi) is 7.64. The van der Waals surface area contributed by atoms with E-state index in [4.69, 9.17) is 15.0 Å². The second kappa shape index (κ2) is 13.3. The smallest absolute Gasteiger partial charge is 0.164 e. The van der Waals surface area contributed by atoms with Crippen molar-refractivity contribution < 1.29 is 0 Å². The molecule has 0 N–H and O–H groups in total. The molecule has 0 saturated heterocycles. The van der Waals surface area contributed by atoms with E-state index in [0.717, 1.165) is 39.0 Å². The molecule has 0 atom stereocenters. The third kappa shape index (κ3) is 5.48. The van der Waals surface area contributed by atoms with Crippen molar-refractivity contribution in [3.05, 3.63) is 194 Å². The molecule has 3 aromatic heterocycles. The summed E-state index contributed by atoms with van der Waals surface area (Å²) in [5, 5.41) is 4.93. The van der Waals surface area contributed by atoms with Crippen LogP contribution in [0.4, 0.5) is 0 Å². The highest BCUT2D eigenvalue weighted by molar-refractivity contribution is 7.25. The molecular weight excluding hydrogens is 701 g/mol. The Morgan fingerprint density at radius 3 is 1.71 bits per heavy atom. The van der Waals surface area contributed by atoms with Crippen molar-refractivity contribution in [2.45, 2.75) is 0 Å². The molecule has 0 radical (unpaired) electrons. The van der Waals surface area contributed by atoms with E-state index in [1.54, 1.807) is 11.3 Å². The maximum atomic E-state index is 5.17. The van der Waals surface area contributed by atoms with E-state index >= 15 is 0 Å². The number of fused-ring (bicyclic) bond motifs is 6. The fraction of sp³-hybridized carbons (Fsp3) is 0. The van der Waals surface area contributed by atoms with Crippen LogP contribution in [0.5, 0.6) is 0 Å². The van der Waals surface area contributed by atoms with Crippen LogP contribution in [0.1, 0.15) is 0 Å². The molecule has 0 unspecified atom stereocenters. The summed E-state index contributed by atoms with van der Waals surface area (Å²) in [6.45, 7) is 0. The first-order chi connectivity index (χ1) is 27.7. The quantitative estimate of drug-likeness (QED) is 0.171. The SMILES string of the molecule is c1ccc(-c2ccc3c(c2)c2c(-c4cccc(-c5nc(-c6ccccc6)nc(-c6ccc7c(c6)sc6ccccc67)n5)c4)cccc2n3-c2ccccc2)cc1. The number of nitrogens with zero attached hydrogens (tertiary/aromatic N) is 4. The maximum Gasteiger partial charge on any atom is 0.164 e. The summed E-state index contributed by atoms with van der Waals surface area (Å²) in [5.41, 5.74) is 10.9. The summed E-state index contributed by atoms with van der Waals surface area (Å²) >= 11 is 1.80. The van der Waals surface area contributed by atoms with Gasteiger partial charge in [-0.05, 0) is 70.8 Å². The molecule has 262 valence electrons. The van der Waals surface area contributed by atoms with Crippen molar-refractivity contribution in [1.29, 1.82) is 0 Å². The molecule has 56 heavy (non-hydrogen) atoms. The highest BCUT2D eigenvalue weighted by Gasteiger charge is 2.19. The minimum Gasteiger partial charge on any atom is -0.309 e. The molecule has 0 fully saturated rings. The van der Waals surface area contributed by atoms with E-state index in [2.05, 4.69) is 180 Å². The van der Waals surface area contributed by atoms with Crippen LogP contribution in [0, 0.1) is 0 Å².